The molecule has 0 unspecified atom stereocenters. The van der Waals surface area contributed by atoms with Crippen molar-refractivity contribution < 1.29 is 4.79 Å². The molecule has 0 saturated carbocycles. The summed E-state index contributed by atoms with van der Waals surface area (Å²) in [6.45, 7) is 0. The summed E-state index contributed by atoms with van der Waals surface area (Å²) < 4.78 is 0. The molecule has 0 aliphatic heterocycles. The van der Waals surface area contributed by atoms with E-state index >= 15 is 0 Å². The number of hydrogen-bond donors (Lipinski definition) is 2. The molecule has 0 aliphatic carbocycles. The van der Waals surface area contributed by atoms with Crippen LogP contribution in [0.15, 0.2) is 60.8 Å². The maximum atomic E-state index is 12.6. The second-order valence-corrected chi connectivity index (χ2v) is 6.37. The van der Waals surface area contributed by atoms with E-state index in [4.69, 9.17) is 34.8 Å². The highest BCUT2D eigenvalue weighted by Gasteiger charge is 2.13. The van der Waals surface area contributed by atoms with Crippen molar-refractivity contribution in [2.75, 3.05) is 10.6 Å². The van der Waals surface area contributed by atoms with Gasteiger partial charge in [-0.1, -0.05) is 34.8 Å². The van der Waals surface area contributed by atoms with Crippen LogP contribution in [-0.2, 0) is 0 Å². The van der Waals surface area contributed by atoms with Gasteiger partial charge in [0, 0.05) is 22.6 Å². The quantitative estimate of drug-likeness (QED) is 0.569. The van der Waals surface area contributed by atoms with Gasteiger partial charge in [0.15, 0.2) is 0 Å². The van der Waals surface area contributed by atoms with Crippen molar-refractivity contribution in [3.05, 3.63) is 81.4 Å². The fourth-order valence-electron chi connectivity index (χ4n) is 2.13. The minimum absolute atomic E-state index is 0.317. The van der Waals surface area contributed by atoms with E-state index in [1.165, 1.54) is 0 Å². The molecule has 1 aromatic heterocycles. The number of anilines is 3. The first-order chi connectivity index (χ1) is 12.0. The maximum absolute atomic E-state index is 12.6. The topological polar surface area (TPSA) is 54.0 Å². The Bertz CT molecular complexity index is 914. The number of nitrogens with zero attached hydrogens (tertiary/aromatic N) is 1. The van der Waals surface area contributed by atoms with Crippen LogP contribution >= 0.6 is 34.8 Å². The van der Waals surface area contributed by atoms with Crippen LogP contribution in [-0.4, -0.2) is 10.9 Å². The van der Waals surface area contributed by atoms with Gasteiger partial charge in [0.25, 0.3) is 5.91 Å². The highest BCUT2D eigenvalue weighted by molar-refractivity contribution is 6.42. The average Bonchev–Trinajstić information content (AvgIpc) is 2.60. The summed E-state index contributed by atoms with van der Waals surface area (Å²) in [5.41, 5.74) is 1.70. The molecule has 0 spiro atoms. The number of carbonyl (C=O) groups excluding carboxylic acids is 1. The summed E-state index contributed by atoms with van der Waals surface area (Å²) in [7, 11) is 0. The van der Waals surface area contributed by atoms with Gasteiger partial charge in [-0.2, -0.15) is 0 Å². The molecule has 126 valence electrons. The van der Waals surface area contributed by atoms with Gasteiger partial charge in [0.2, 0.25) is 0 Å². The first-order valence-electron chi connectivity index (χ1n) is 7.27. The van der Waals surface area contributed by atoms with E-state index in [0.29, 0.717) is 32.1 Å². The maximum Gasteiger partial charge on any atom is 0.259 e. The Kier molecular flexibility index (Phi) is 5.43. The van der Waals surface area contributed by atoms with Crippen LogP contribution in [0.4, 0.5) is 17.2 Å². The first-order valence-corrected chi connectivity index (χ1v) is 8.40. The van der Waals surface area contributed by atoms with E-state index in [-0.39, 0.29) is 5.91 Å². The molecule has 1 heterocycles. The zero-order valence-corrected chi connectivity index (χ0v) is 15.0. The fraction of sp³-hybridized carbons (Fsp3) is 0. The van der Waals surface area contributed by atoms with Crippen molar-refractivity contribution in [2.45, 2.75) is 0 Å². The molecule has 0 radical (unpaired) electrons. The predicted octanol–water partition coefficient (Wildman–Crippen LogP) is 6.04. The monoisotopic (exact) mass is 391 g/mol. The molecule has 1 amide bonds. The molecule has 2 aromatic carbocycles. The summed E-state index contributed by atoms with van der Waals surface area (Å²) >= 11 is 17.7. The average molecular weight is 393 g/mol. The van der Waals surface area contributed by atoms with Crippen molar-refractivity contribution in [1.29, 1.82) is 0 Å². The third kappa shape index (κ3) is 4.42. The Morgan fingerprint density at radius 1 is 0.880 bits per heavy atom. The van der Waals surface area contributed by atoms with Gasteiger partial charge in [0.1, 0.15) is 5.82 Å². The van der Waals surface area contributed by atoms with Crippen LogP contribution in [0, 0.1) is 0 Å². The van der Waals surface area contributed by atoms with Crippen molar-refractivity contribution in [3.63, 3.8) is 0 Å². The number of amides is 1. The number of rotatable bonds is 4. The number of carbonyl (C=O) groups is 1. The number of benzene rings is 2. The Morgan fingerprint density at radius 3 is 2.32 bits per heavy atom. The molecule has 7 heteroatoms. The molecule has 2 N–H and O–H groups in total. The second kappa shape index (κ2) is 7.74. The largest absolute Gasteiger partial charge is 0.340 e. The van der Waals surface area contributed by atoms with Crippen LogP contribution in [0.2, 0.25) is 15.1 Å². The van der Waals surface area contributed by atoms with E-state index in [1.54, 1.807) is 60.8 Å². The molecule has 0 fully saturated rings. The highest BCUT2D eigenvalue weighted by Crippen LogP contribution is 2.26. The number of nitrogens with one attached hydrogen (secondary N) is 2. The lowest BCUT2D eigenvalue weighted by Crippen LogP contribution is -2.14. The van der Waals surface area contributed by atoms with Gasteiger partial charge in [-0.05, 0) is 54.6 Å². The van der Waals surface area contributed by atoms with Gasteiger partial charge >= 0.3 is 0 Å². The van der Waals surface area contributed by atoms with E-state index < -0.39 is 0 Å². The van der Waals surface area contributed by atoms with E-state index in [2.05, 4.69) is 15.6 Å². The third-order valence-corrected chi connectivity index (χ3v) is 4.33. The lowest BCUT2D eigenvalue weighted by Gasteiger charge is -2.11. The summed E-state index contributed by atoms with van der Waals surface area (Å²) in [5.74, 6) is 0.116. The second-order valence-electron chi connectivity index (χ2n) is 5.11. The first kappa shape index (κ1) is 17.5. The van der Waals surface area contributed by atoms with Crippen LogP contribution in [0.5, 0.6) is 0 Å². The molecule has 3 aromatic rings. The molecular weight excluding hydrogens is 381 g/mol. The number of aromatic nitrogens is 1. The summed E-state index contributed by atoms with van der Waals surface area (Å²) in [4.78, 5) is 16.8. The summed E-state index contributed by atoms with van der Waals surface area (Å²) in [6, 6.07) is 15.4. The van der Waals surface area contributed by atoms with Gasteiger partial charge in [0.05, 0.1) is 15.6 Å². The van der Waals surface area contributed by atoms with Crippen LogP contribution in [0.25, 0.3) is 0 Å². The lowest BCUT2D eigenvalue weighted by atomic mass is 10.2. The zero-order valence-electron chi connectivity index (χ0n) is 12.8. The van der Waals surface area contributed by atoms with Crippen molar-refractivity contribution >= 4 is 57.9 Å². The van der Waals surface area contributed by atoms with Crippen LogP contribution in [0.1, 0.15) is 10.4 Å². The Hall–Kier alpha value is -2.27. The minimum Gasteiger partial charge on any atom is -0.340 e. The van der Waals surface area contributed by atoms with Crippen molar-refractivity contribution in [2.24, 2.45) is 0 Å². The standard InChI is InChI=1S/C18H12Cl3N3O/c19-11-3-5-12(6-4-11)23-17-14(2-1-9-22-17)18(25)24-13-7-8-15(20)16(21)10-13/h1-10H,(H,22,23)(H,24,25). The molecule has 0 aliphatic rings. The smallest absolute Gasteiger partial charge is 0.259 e. The number of pyridine rings is 1. The Balaban J connectivity index is 1.82. The summed E-state index contributed by atoms with van der Waals surface area (Å²) in [5, 5.41) is 7.30. The van der Waals surface area contributed by atoms with E-state index in [1.807, 2.05) is 0 Å². The van der Waals surface area contributed by atoms with E-state index in [0.717, 1.165) is 5.69 Å². The van der Waals surface area contributed by atoms with E-state index in [9.17, 15) is 4.79 Å². The SMILES string of the molecule is O=C(Nc1ccc(Cl)c(Cl)c1)c1cccnc1Nc1ccc(Cl)cc1. The Labute approximate surface area is 159 Å². The minimum atomic E-state index is -0.317. The van der Waals surface area contributed by atoms with Gasteiger partial charge in [-0.25, -0.2) is 4.98 Å². The van der Waals surface area contributed by atoms with Crippen molar-refractivity contribution in [3.8, 4) is 0 Å². The summed E-state index contributed by atoms with van der Waals surface area (Å²) in [6.07, 6.45) is 1.61. The molecule has 4 nitrogen and oxygen atoms in total. The molecule has 25 heavy (non-hydrogen) atoms. The van der Waals surface area contributed by atoms with Gasteiger partial charge in [-0.3, -0.25) is 4.79 Å². The van der Waals surface area contributed by atoms with Crippen LogP contribution < -0.4 is 10.6 Å². The molecule has 0 saturated heterocycles. The lowest BCUT2D eigenvalue weighted by molar-refractivity contribution is 0.102. The molecule has 0 atom stereocenters. The number of hydrogen-bond acceptors (Lipinski definition) is 3. The fourth-order valence-corrected chi connectivity index (χ4v) is 2.55. The third-order valence-electron chi connectivity index (χ3n) is 3.34. The normalized spacial score (nSPS) is 10.4. The highest BCUT2D eigenvalue weighted by atomic mass is 35.5. The number of halogens is 3. The van der Waals surface area contributed by atoms with Gasteiger partial charge < -0.3 is 10.6 Å². The van der Waals surface area contributed by atoms with Crippen molar-refractivity contribution in [1.82, 2.24) is 4.98 Å². The molecule has 0 bridgehead atoms. The van der Waals surface area contributed by atoms with Gasteiger partial charge in [-0.15, -0.1) is 0 Å². The molecule has 3 rings (SSSR count). The Morgan fingerprint density at radius 2 is 1.60 bits per heavy atom. The predicted molar refractivity (Wildman–Crippen MR) is 103 cm³/mol. The molecular formula is C18H12Cl3N3O. The zero-order chi connectivity index (χ0) is 17.8. The van der Waals surface area contributed by atoms with Crippen LogP contribution in [0.3, 0.4) is 0 Å².